The monoisotopic (exact) mass is 306 g/mol. The summed E-state index contributed by atoms with van der Waals surface area (Å²) in [4.78, 5) is 4.31. The molecular formula is C17H30N4O. The average molecular weight is 306 g/mol. The van der Waals surface area contributed by atoms with Gasteiger partial charge in [-0.3, -0.25) is 4.99 Å². The molecule has 1 fully saturated rings. The summed E-state index contributed by atoms with van der Waals surface area (Å²) >= 11 is 0. The first kappa shape index (κ1) is 16.8. The van der Waals surface area contributed by atoms with Crippen molar-refractivity contribution in [2.75, 3.05) is 7.05 Å². The van der Waals surface area contributed by atoms with Gasteiger partial charge in [-0.05, 0) is 43.9 Å². The third-order valence-corrected chi connectivity index (χ3v) is 4.68. The number of aryl methyl sites for hydroxylation is 1. The highest BCUT2D eigenvalue weighted by atomic mass is 16.5. The molecule has 1 aliphatic rings. The highest BCUT2D eigenvalue weighted by Gasteiger charge is 2.23. The summed E-state index contributed by atoms with van der Waals surface area (Å²) in [5, 5.41) is 10.8. The molecule has 0 atom stereocenters. The summed E-state index contributed by atoms with van der Waals surface area (Å²) in [6.45, 7) is 7.36. The Morgan fingerprint density at radius 1 is 1.36 bits per heavy atom. The molecule has 1 aromatic rings. The first-order chi connectivity index (χ1) is 10.6. The molecule has 0 amide bonds. The Morgan fingerprint density at radius 3 is 2.64 bits per heavy atom. The van der Waals surface area contributed by atoms with E-state index in [0.717, 1.165) is 35.7 Å². The predicted octanol–water partition coefficient (Wildman–Crippen LogP) is 3.12. The predicted molar refractivity (Wildman–Crippen MR) is 89.8 cm³/mol. The Bertz CT molecular complexity index is 473. The lowest BCUT2D eigenvalue weighted by Crippen LogP contribution is -2.44. The molecule has 5 nitrogen and oxygen atoms in total. The number of guanidine groups is 1. The van der Waals surface area contributed by atoms with Crippen molar-refractivity contribution in [3.63, 3.8) is 0 Å². The van der Waals surface area contributed by atoms with Gasteiger partial charge in [0.1, 0.15) is 0 Å². The minimum absolute atomic E-state index is 0.530. The van der Waals surface area contributed by atoms with Gasteiger partial charge in [-0.15, -0.1) is 0 Å². The van der Waals surface area contributed by atoms with Crippen LogP contribution in [0.25, 0.3) is 0 Å². The van der Waals surface area contributed by atoms with Crippen LogP contribution in [0.1, 0.15) is 57.9 Å². The number of aliphatic imine (C=N–C) groups is 1. The minimum atomic E-state index is 0.530. The van der Waals surface area contributed by atoms with E-state index in [0.29, 0.717) is 12.6 Å². The van der Waals surface area contributed by atoms with Crippen molar-refractivity contribution in [3.8, 4) is 0 Å². The summed E-state index contributed by atoms with van der Waals surface area (Å²) in [7, 11) is 1.81. The maximum Gasteiger partial charge on any atom is 0.191 e. The van der Waals surface area contributed by atoms with Crippen LogP contribution < -0.4 is 10.6 Å². The Hall–Kier alpha value is -1.52. The largest absolute Gasteiger partial charge is 0.359 e. The minimum Gasteiger partial charge on any atom is -0.359 e. The first-order valence-electron chi connectivity index (χ1n) is 8.54. The molecule has 5 heteroatoms. The van der Waals surface area contributed by atoms with Crippen molar-refractivity contribution in [1.82, 2.24) is 15.8 Å². The quantitative estimate of drug-likeness (QED) is 0.648. The molecular weight excluding hydrogens is 276 g/mol. The van der Waals surface area contributed by atoms with E-state index in [-0.39, 0.29) is 0 Å². The van der Waals surface area contributed by atoms with Crippen LogP contribution in [-0.4, -0.2) is 24.2 Å². The molecule has 0 saturated heterocycles. The summed E-state index contributed by atoms with van der Waals surface area (Å²) in [6.07, 6.45) is 5.98. The van der Waals surface area contributed by atoms with Crippen LogP contribution in [0.3, 0.4) is 0 Å². The van der Waals surface area contributed by atoms with Crippen molar-refractivity contribution in [3.05, 3.63) is 17.5 Å². The van der Waals surface area contributed by atoms with E-state index in [9.17, 15) is 0 Å². The number of nitrogens with one attached hydrogen (secondary N) is 2. The van der Waals surface area contributed by atoms with Crippen LogP contribution in [0, 0.1) is 11.8 Å². The number of aromatic nitrogens is 1. The van der Waals surface area contributed by atoms with Crippen molar-refractivity contribution >= 4 is 5.96 Å². The third kappa shape index (κ3) is 4.75. The lowest BCUT2D eigenvalue weighted by molar-refractivity contribution is 0.250. The van der Waals surface area contributed by atoms with Gasteiger partial charge in [0.25, 0.3) is 0 Å². The van der Waals surface area contributed by atoms with Gasteiger partial charge in [0, 0.05) is 19.2 Å². The van der Waals surface area contributed by atoms with E-state index in [1.54, 1.807) is 0 Å². The average Bonchev–Trinajstić information content (AvgIpc) is 3.00. The highest BCUT2D eigenvalue weighted by molar-refractivity contribution is 5.79. The Kier molecular flexibility index (Phi) is 6.28. The summed E-state index contributed by atoms with van der Waals surface area (Å²) in [5.41, 5.74) is 0.992. The van der Waals surface area contributed by atoms with Crippen LogP contribution in [0.5, 0.6) is 0 Å². The second kappa shape index (κ2) is 8.20. The zero-order chi connectivity index (χ0) is 15.9. The summed E-state index contributed by atoms with van der Waals surface area (Å²) < 4.78 is 5.29. The van der Waals surface area contributed by atoms with Gasteiger partial charge in [0.15, 0.2) is 11.7 Å². The van der Waals surface area contributed by atoms with Crippen molar-refractivity contribution in [2.45, 2.75) is 65.5 Å². The van der Waals surface area contributed by atoms with Crippen LogP contribution in [0.2, 0.25) is 0 Å². The Balaban J connectivity index is 1.76. The number of rotatable bonds is 5. The molecule has 2 N–H and O–H groups in total. The molecule has 1 aromatic heterocycles. The van der Waals surface area contributed by atoms with Gasteiger partial charge in [-0.25, -0.2) is 0 Å². The standard InChI is InChI=1S/C17H30N4O/c1-5-14-10-16(22-21-14)11-19-17(18-4)20-15-8-6-13(7-9-15)12(2)3/h10,12-13,15H,5-9,11H2,1-4H3,(H2,18,19,20). The van der Waals surface area contributed by atoms with Crippen molar-refractivity contribution in [2.24, 2.45) is 16.8 Å². The Labute approximate surface area is 133 Å². The maximum atomic E-state index is 5.29. The molecule has 0 spiro atoms. The van der Waals surface area contributed by atoms with Gasteiger partial charge < -0.3 is 15.2 Å². The third-order valence-electron chi connectivity index (χ3n) is 4.68. The van der Waals surface area contributed by atoms with Crippen molar-refractivity contribution < 1.29 is 4.52 Å². The maximum absolute atomic E-state index is 5.29. The van der Waals surface area contributed by atoms with Gasteiger partial charge in [0.05, 0.1) is 12.2 Å². The van der Waals surface area contributed by atoms with Crippen LogP contribution in [0.15, 0.2) is 15.6 Å². The molecule has 124 valence electrons. The van der Waals surface area contributed by atoms with Gasteiger partial charge in [-0.1, -0.05) is 25.9 Å². The van der Waals surface area contributed by atoms with Gasteiger partial charge in [0.2, 0.25) is 0 Å². The molecule has 0 bridgehead atoms. The smallest absolute Gasteiger partial charge is 0.191 e. The molecule has 0 aliphatic heterocycles. The van der Waals surface area contributed by atoms with Crippen LogP contribution in [-0.2, 0) is 13.0 Å². The van der Waals surface area contributed by atoms with Crippen molar-refractivity contribution in [1.29, 1.82) is 0 Å². The molecule has 22 heavy (non-hydrogen) atoms. The zero-order valence-corrected chi connectivity index (χ0v) is 14.4. The van der Waals surface area contributed by atoms with E-state index in [1.165, 1.54) is 25.7 Å². The van der Waals surface area contributed by atoms with E-state index < -0.39 is 0 Å². The molecule has 1 heterocycles. The molecule has 0 aromatic carbocycles. The topological polar surface area (TPSA) is 62.5 Å². The first-order valence-corrected chi connectivity index (χ1v) is 8.54. The number of hydrogen-bond donors (Lipinski definition) is 2. The number of nitrogens with zero attached hydrogens (tertiary/aromatic N) is 2. The van der Waals surface area contributed by atoms with E-state index >= 15 is 0 Å². The fourth-order valence-electron chi connectivity index (χ4n) is 3.09. The zero-order valence-electron chi connectivity index (χ0n) is 14.4. The highest BCUT2D eigenvalue weighted by Crippen LogP contribution is 2.29. The fraction of sp³-hybridized carbons (Fsp3) is 0.765. The number of hydrogen-bond acceptors (Lipinski definition) is 3. The second-order valence-corrected chi connectivity index (χ2v) is 6.56. The van der Waals surface area contributed by atoms with E-state index in [2.05, 4.69) is 41.6 Å². The lowest BCUT2D eigenvalue weighted by atomic mass is 9.80. The molecule has 0 radical (unpaired) electrons. The lowest BCUT2D eigenvalue weighted by Gasteiger charge is -2.32. The second-order valence-electron chi connectivity index (χ2n) is 6.56. The van der Waals surface area contributed by atoms with E-state index in [1.807, 2.05) is 13.1 Å². The van der Waals surface area contributed by atoms with Crippen LogP contribution in [0.4, 0.5) is 0 Å². The summed E-state index contributed by atoms with van der Waals surface area (Å²) in [5.74, 6) is 3.39. The molecule has 0 unspecified atom stereocenters. The fourth-order valence-corrected chi connectivity index (χ4v) is 3.09. The molecule has 1 aliphatic carbocycles. The Morgan fingerprint density at radius 2 is 2.09 bits per heavy atom. The van der Waals surface area contributed by atoms with E-state index in [4.69, 9.17) is 4.52 Å². The molecule has 2 rings (SSSR count). The van der Waals surface area contributed by atoms with Crippen LogP contribution >= 0.6 is 0 Å². The normalized spacial score (nSPS) is 22.9. The van der Waals surface area contributed by atoms with Gasteiger partial charge in [-0.2, -0.15) is 0 Å². The summed E-state index contributed by atoms with van der Waals surface area (Å²) in [6, 6.07) is 2.52. The molecule has 1 saturated carbocycles. The SMILES string of the molecule is CCc1cc(CNC(=NC)NC2CCC(C(C)C)CC2)on1. The van der Waals surface area contributed by atoms with Gasteiger partial charge >= 0.3 is 0 Å².